The summed E-state index contributed by atoms with van der Waals surface area (Å²) in [7, 11) is 0. The number of rotatable bonds is 6. The Hall–Kier alpha value is -1.96. The first-order valence-electron chi connectivity index (χ1n) is 8.33. The molecular weight excluding hydrogens is 376 g/mol. The fraction of sp³-hybridized carbons (Fsp3) is 0.389. The number of carboxylic acid groups (broad SMARTS) is 1. The van der Waals surface area contributed by atoms with Gasteiger partial charge in [-0.1, -0.05) is 23.7 Å². The van der Waals surface area contributed by atoms with Gasteiger partial charge in [0.2, 0.25) is 5.91 Å². The van der Waals surface area contributed by atoms with Crippen LogP contribution in [0.25, 0.3) is 10.6 Å². The Morgan fingerprint density at radius 2 is 2.15 bits per heavy atom. The van der Waals surface area contributed by atoms with E-state index in [1.54, 1.807) is 12.1 Å². The summed E-state index contributed by atoms with van der Waals surface area (Å²) < 4.78 is 5.34. The fourth-order valence-corrected chi connectivity index (χ4v) is 3.86. The molecule has 26 heavy (non-hydrogen) atoms. The van der Waals surface area contributed by atoms with Gasteiger partial charge in [0.1, 0.15) is 11.0 Å². The molecule has 2 atom stereocenters. The fourth-order valence-electron chi connectivity index (χ4n) is 2.91. The molecule has 2 N–H and O–H groups in total. The minimum atomic E-state index is -1.03. The summed E-state index contributed by atoms with van der Waals surface area (Å²) >= 11 is 7.32. The zero-order valence-corrected chi connectivity index (χ0v) is 15.6. The molecule has 1 amide bonds. The van der Waals surface area contributed by atoms with Gasteiger partial charge in [0, 0.05) is 28.5 Å². The van der Waals surface area contributed by atoms with Gasteiger partial charge in [0.15, 0.2) is 0 Å². The number of aromatic nitrogens is 1. The van der Waals surface area contributed by atoms with E-state index in [1.165, 1.54) is 11.3 Å². The van der Waals surface area contributed by atoms with Crippen LogP contribution in [0.3, 0.4) is 0 Å². The molecule has 2 unspecified atom stereocenters. The van der Waals surface area contributed by atoms with E-state index in [1.807, 2.05) is 17.5 Å². The number of hydrogen-bond donors (Lipinski definition) is 2. The van der Waals surface area contributed by atoms with Crippen LogP contribution < -0.4 is 5.32 Å². The minimum absolute atomic E-state index is 0.0431. The van der Waals surface area contributed by atoms with E-state index in [4.69, 9.17) is 16.3 Å². The number of carbonyl (C=O) groups is 2. The lowest BCUT2D eigenvalue weighted by Crippen LogP contribution is -2.48. The van der Waals surface area contributed by atoms with Crippen LogP contribution in [0.1, 0.15) is 18.5 Å². The van der Waals surface area contributed by atoms with E-state index in [9.17, 15) is 14.7 Å². The van der Waals surface area contributed by atoms with Crippen molar-refractivity contribution >= 4 is 34.8 Å². The maximum atomic E-state index is 12.3. The van der Waals surface area contributed by atoms with Gasteiger partial charge in [-0.3, -0.25) is 4.79 Å². The van der Waals surface area contributed by atoms with Crippen molar-refractivity contribution in [3.8, 4) is 10.6 Å². The van der Waals surface area contributed by atoms with Crippen molar-refractivity contribution in [2.24, 2.45) is 5.92 Å². The van der Waals surface area contributed by atoms with Gasteiger partial charge in [0.05, 0.1) is 18.7 Å². The predicted molar refractivity (Wildman–Crippen MR) is 99.4 cm³/mol. The van der Waals surface area contributed by atoms with Crippen molar-refractivity contribution in [1.29, 1.82) is 0 Å². The van der Waals surface area contributed by atoms with Crippen molar-refractivity contribution in [2.75, 3.05) is 13.2 Å². The Labute approximate surface area is 160 Å². The van der Waals surface area contributed by atoms with Crippen LogP contribution in [-0.2, 0) is 20.7 Å². The van der Waals surface area contributed by atoms with Gasteiger partial charge in [0.25, 0.3) is 0 Å². The molecule has 0 aliphatic carbocycles. The first-order chi connectivity index (χ1) is 12.5. The van der Waals surface area contributed by atoms with Crippen LogP contribution in [0.15, 0.2) is 29.6 Å². The van der Waals surface area contributed by atoms with Crippen LogP contribution in [0.4, 0.5) is 0 Å². The summed E-state index contributed by atoms with van der Waals surface area (Å²) in [5, 5.41) is 15.3. The van der Waals surface area contributed by atoms with E-state index < -0.39 is 12.0 Å². The Kier molecular flexibility index (Phi) is 6.24. The molecule has 0 bridgehead atoms. The number of carboxylic acids is 1. The number of carbonyl (C=O) groups excluding carboxylic acids is 1. The quantitative estimate of drug-likeness (QED) is 0.786. The SMILES string of the molecule is O=C(Cc1csc(-c2ccc(Cl)cc2)n1)NC(C(=O)O)C1CCCOC1. The number of aliphatic carboxylic acids is 1. The van der Waals surface area contributed by atoms with E-state index in [0.717, 1.165) is 23.4 Å². The second kappa shape index (κ2) is 8.62. The molecule has 2 aromatic rings. The highest BCUT2D eigenvalue weighted by Gasteiger charge is 2.31. The number of ether oxygens (including phenoxy) is 1. The molecule has 0 spiro atoms. The number of halogens is 1. The van der Waals surface area contributed by atoms with Gasteiger partial charge in [-0.25, -0.2) is 9.78 Å². The first kappa shape index (κ1) is 18.8. The largest absolute Gasteiger partial charge is 0.480 e. The normalized spacial score (nSPS) is 18.3. The van der Waals surface area contributed by atoms with Crippen LogP contribution in [0.2, 0.25) is 5.02 Å². The Morgan fingerprint density at radius 3 is 2.81 bits per heavy atom. The molecule has 1 fully saturated rings. The molecule has 8 heteroatoms. The Morgan fingerprint density at radius 1 is 1.38 bits per heavy atom. The average Bonchev–Trinajstić information content (AvgIpc) is 3.09. The third kappa shape index (κ3) is 4.81. The third-order valence-corrected chi connectivity index (χ3v) is 5.43. The second-order valence-corrected chi connectivity index (χ2v) is 7.48. The van der Waals surface area contributed by atoms with Crippen LogP contribution in [-0.4, -0.2) is 41.2 Å². The summed E-state index contributed by atoms with van der Waals surface area (Å²) in [6.45, 7) is 0.998. The van der Waals surface area contributed by atoms with E-state index in [-0.39, 0.29) is 18.2 Å². The number of hydrogen-bond acceptors (Lipinski definition) is 5. The van der Waals surface area contributed by atoms with Gasteiger partial charge in [-0.05, 0) is 25.0 Å². The van der Waals surface area contributed by atoms with Crippen molar-refractivity contribution in [3.05, 3.63) is 40.4 Å². The monoisotopic (exact) mass is 394 g/mol. The van der Waals surface area contributed by atoms with Crippen molar-refractivity contribution in [3.63, 3.8) is 0 Å². The molecule has 2 heterocycles. The van der Waals surface area contributed by atoms with Gasteiger partial charge < -0.3 is 15.2 Å². The molecule has 6 nitrogen and oxygen atoms in total. The second-order valence-electron chi connectivity index (χ2n) is 6.19. The van der Waals surface area contributed by atoms with E-state index >= 15 is 0 Å². The Balaban J connectivity index is 1.62. The first-order valence-corrected chi connectivity index (χ1v) is 9.59. The number of nitrogens with one attached hydrogen (secondary N) is 1. The molecule has 3 rings (SSSR count). The molecule has 1 aromatic heterocycles. The van der Waals surface area contributed by atoms with Crippen LogP contribution >= 0.6 is 22.9 Å². The summed E-state index contributed by atoms with van der Waals surface area (Å²) in [4.78, 5) is 28.3. The molecule has 138 valence electrons. The highest BCUT2D eigenvalue weighted by molar-refractivity contribution is 7.13. The van der Waals surface area contributed by atoms with E-state index in [2.05, 4.69) is 10.3 Å². The summed E-state index contributed by atoms with van der Waals surface area (Å²) in [5.41, 5.74) is 1.54. The van der Waals surface area contributed by atoms with Gasteiger partial charge >= 0.3 is 5.97 Å². The molecule has 1 aliphatic heterocycles. The van der Waals surface area contributed by atoms with Crippen molar-refractivity contribution < 1.29 is 19.4 Å². The third-order valence-electron chi connectivity index (χ3n) is 4.23. The number of thiazole rings is 1. The summed E-state index contributed by atoms with van der Waals surface area (Å²) in [5.74, 6) is -1.59. The van der Waals surface area contributed by atoms with Crippen LogP contribution in [0.5, 0.6) is 0 Å². The zero-order valence-electron chi connectivity index (χ0n) is 14.0. The summed E-state index contributed by atoms with van der Waals surface area (Å²) in [6.07, 6.45) is 1.58. The van der Waals surface area contributed by atoms with Crippen LogP contribution in [0, 0.1) is 5.92 Å². The zero-order chi connectivity index (χ0) is 18.5. The highest BCUT2D eigenvalue weighted by Crippen LogP contribution is 2.25. The lowest BCUT2D eigenvalue weighted by Gasteiger charge is -2.28. The predicted octanol–water partition coefficient (Wildman–Crippen LogP) is 3.00. The number of benzene rings is 1. The topological polar surface area (TPSA) is 88.5 Å². The van der Waals surface area contributed by atoms with E-state index in [0.29, 0.717) is 23.9 Å². The van der Waals surface area contributed by atoms with Gasteiger partial charge in [-0.15, -0.1) is 11.3 Å². The number of nitrogens with zero attached hydrogens (tertiary/aromatic N) is 1. The van der Waals surface area contributed by atoms with Crippen molar-refractivity contribution in [2.45, 2.75) is 25.3 Å². The molecule has 0 radical (unpaired) electrons. The summed E-state index contributed by atoms with van der Waals surface area (Å²) in [6, 6.07) is 6.38. The van der Waals surface area contributed by atoms with Crippen molar-refractivity contribution in [1.82, 2.24) is 10.3 Å². The molecule has 1 aliphatic rings. The lowest BCUT2D eigenvalue weighted by atomic mass is 9.93. The standard InChI is InChI=1S/C18H19ClN2O4S/c19-13-5-3-11(4-6-13)17-20-14(10-26-17)8-15(22)21-16(18(23)24)12-2-1-7-25-9-12/h3-6,10,12,16H,1-2,7-9H2,(H,21,22)(H,23,24). The molecule has 0 saturated carbocycles. The molecule has 1 saturated heterocycles. The Bertz CT molecular complexity index is 772. The number of amides is 1. The molecular formula is C18H19ClN2O4S. The molecule has 1 aromatic carbocycles. The lowest BCUT2D eigenvalue weighted by molar-refractivity contribution is -0.145. The average molecular weight is 395 g/mol. The maximum Gasteiger partial charge on any atom is 0.326 e. The maximum absolute atomic E-state index is 12.3. The smallest absolute Gasteiger partial charge is 0.326 e. The minimum Gasteiger partial charge on any atom is -0.480 e. The highest BCUT2D eigenvalue weighted by atomic mass is 35.5. The van der Waals surface area contributed by atoms with Gasteiger partial charge in [-0.2, -0.15) is 0 Å².